The number of rotatable bonds is 4. The van der Waals surface area contributed by atoms with Crippen molar-refractivity contribution in [1.29, 1.82) is 0 Å². The minimum Gasteiger partial charge on any atom is -0.373 e. The second-order valence-corrected chi connectivity index (χ2v) is 3.93. The zero-order valence-corrected chi connectivity index (χ0v) is 9.07. The molecular formula is C8H21ClNO+. The lowest BCUT2D eigenvalue weighted by Crippen LogP contribution is -2.38. The number of likely N-dealkylation sites (N-methyl/N-ethyl adjacent to an activating group) is 1. The molecule has 0 aromatic rings. The van der Waals surface area contributed by atoms with E-state index in [2.05, 4.69) is 35.0 Å². The van der Waals surface area contributed by atoms with Gasteiger partial charge in [0, 0.05) is 0 Å². The summed E-state index contributed by atoms with van der Waals surface area (Å²) in [6.45, 7) is 6.07. The molecule has 0 radical (unpaired) electrons. The Bertz CT molecular complexity index is 88.6. The lowest BCUT2D eigenvalue weighted by molar-refractivity contribution is -0.870. The van der Waals surface area contributed by atoms with Gasteiger partial charge in [-0.3, -0.25) is 0 Å². The number of nitrogens with zero attached hydrogens (tertiary/aromatic N) is 1. The third-order valence-electron chi connectivity index (χ3n) is 1.21. The molecule has 0 spiro atoms. The molecule has 0 bridgehead atoms. The Hall–Kier alpha value is 0.210. The highest BCUT2D eigenvalue weighted by atomic mass is 35.5. The summed E-state index contributed by atoms with van der Waals surface area (Å²) in [6.07, 6.45) is 0.367. The van der Waals surface area contributed by atoms with Gasteiger partial charge >= 0.3 is 0 Å². The van der Waals surface area contributed by atoms with E-state index in [9.17, 15) is 0 Å². The van der Waals surface area contributed by atoms with Gasteiger partial charge in [0.2, 0.25) is 0 Å². The monoisotopic (exact) mass is 182 g/mol. The van der Waals surface area contributed by atoms with Gasteiger partial charge in [0.1, 0.15) is 6.54 Å². The first-order valence-corrected chi connectivity index (χ1v) is 3.84. The van der Waals surface area contributed by atoms with Crippen molar-refractivity contribution in [2.24, 2.45) is 0 Å². The van der Waals surface area contributed by atoms with Crippen LogP contribution in [0.5, 0.6) is 0 Å². The van der Waals surface area contributed by atoms with Crippen molar-refractivity contribution in [3.8, 4) is 0 Å². The smallest absolute Gasteiger partial charge is 0.102 e. The number of halogens is 1. The van der Waals surface area contributed by atoms with Crippen LogP contribution in [0.25, 0.3) is 0 Å². The van der Waals surface area contributed by atoms with E-state index in [0.717, 1.165) is 17.6 Å². The molecular weight excluding hydrogens is 162 g/mol. The standard InChI is InChI=1S/C8H20NO.ClH/c1-8(2)10-7-6-9(3,4)5;/h8H,6-7H2,1-5H3;1H/q+1;. The molecule has 0 unspecified atom stereocenters. The predicted molar refractivity (Wildman–Crippen MR) is 51.2 cm³/mol. The van der Waals surface area contributed by atoms with Gasteiger partial charge in [-0.15, -0.1) is 12.4 Å². The van der Waals surface area contributed by atoms with Crippen LogP contribution in [0.3, 0.4) is 0 Å². The molecule has 11 heavy (non-hydrogen) atoms. The van der Waals surface area contributed by atoms with Gasteiger partial charge in [-0.05, 0) is 13.8 Å². The first-order valence-electron chi connectivity index (χ1n) is 3.84. The average molecular weight is 183 g/mol. The first kappa shape index (κ1) is 13.8. The highest BCUT2D eigenvalue weighted by Crippen LogP contribution is 1.92. The van der Waals surface area contributed by atoms with Crippen LogP contribution in [0, 0.1) is 0 Å². The molecule has 0 saturated carbocycles. The number of hydrogen-bond donors (Lipinski definition) is 0. The summed E-state index contributed by atoms with van der Waals surface area (Å²) in [5.41, 5.74) is 0. The molecule has 0 aliphatic carbocycles. The van der Waals surface area contributed by atoms with Gasteiger partial charge in [0.05, 0.1) is 33.9 Å². The van der Waals surface area contributed by atoms with Gasteiger partial charge in [-0.25, -0.2) is 0 Å². The van der Waals surface area contributed by atoms with Crippen molar-refractivity contribution < 1.29 is 9.22 Å². The zero-order valence-electron chi connectivity index (χ0n) is 8.26. The molecule has 0 N–H and O–H groups in total. The Kier molecular flexibility index (Phi) is 7.28. The summed E-state index contributed by atoms with van der Waals surface area (Å²) in [4.78, 5) is 0. The highest BCUT2D eigenvalue weighted by molar-refractivity contribution is 5.85. The Labute approximate surface area is 76.5 Å². The fraction of sp³-hybridized carbons (Fsp3) is 1.00. The molecule has 70 valence electrons. The van der Waals surface area contributed by atoms with E-state index in [0.29, 0.717) is 6.10 Å². The van der Waals surface area contributed by atoms with Crippen molar-refractivity contribution in [3.05, 3.63) is 0 Å². The van der Waals surface area contributed by atoms with Crippen LogP contribution < -0.4 is 0 Å². The Morgan fingerprint density at radius 2 is 1.64 bits per heavy atom. The van der Waals surface area contributed by atoms with E-state index in [4.69, 9.17) is 4.74 Å². The van der Waals surface area contributed by atoms with Crippen molar-refractivity contribution in [1.82, 2.24) is 0 Å². The third kappa shape index (κ3) is 13.2. The molecule has 0 saturated heterocycles. The molecule has 0 fully saturated rings. The Morgan fingerprint density at radius 3 is 1.91 bits per heavy atom. The van der Waals surface area contributed by atoms with Crippen LogP contribution in [-0.4, -0.2) is 44.9 Å². The first-order chi connectivity index (χ1) is 4.42. The SMILES string of the molecule is CC(C)OCC[N+](C)(C)C.Cl. The topological polar surface area (TPSA) is 9.23 Å². The molecule has 0 rings (SSSR count). The van der Waals surface area contributed by atoms with Gasteiger partial charge in [0.15, 0.2) is 0 Å². The number of ether oxygens (including phenoxy) is 1. The quantitative estimate of drug-likeness (QED) is 0.600. The van der Waals surface area contributed by atoms with Gasteiger partial charge in [-0.1, -0.05) is 0 Å². The van der Waals surface area contributed by atoms with Crippen LogP contribution in [0.15, 0.2) is 0 Å². The van der Waals surface area contributed by atoms with Crippen molar-refractivity contribution in [3.63, 3.8) is 0 Å². The zero-order chi connectivity index (χ0) is 8.20. The maximum Gasteiger partial charge on any atom is 0.102 e. The van der Waals surface area contributed by atoms with Gasteiger partial charge < -0.3 is 9.22 Å². The molecule has 3 heteroatoms. The van der Waals surface area contributed by atoms with Crippen LogP contribution in [0.4, 0.5) is 0 Å². The van der Waals surface area contributed by atoms with E-state index in [1.54, 1.807) is 0 Å². The average Bonchev–Trinajstić information content (AvgIpc) is 1.59. The maximum absolute atomic E-state index is 5.40. The molecule has 0 aliphatic heterocycles. The van der Waals surface area contributed by atoms with E-state index >= 15 is 0 Å². The van der Waals surface area contributed by atoms with E-state index < -0.39 is 0 Å². The van der Waals surface area contributed by atoms with E-state index in [1.165, 1.54) is 0 Å². The largest absolute Gasteiger partial charge is 0.373 e. The maximum atomic E-state index is 5.40. The fourth-order valence-corrected chi connectivity index (χ4v) is 0.562. The van der Waals surface area contributed by atoms with Crippen LogP contribution in [-0.2, 0) is 4.74 Å². The molecule has 2 nitrogen and oxygen atoms in total. The van der Waals surface area contributed by atoms with E-state index in [-0.39, 0.29) is 12.4 Å². The summed E-state index contributed by atoms with van der Waals surface area (Å²) in [5.74, 6) is 0. The molecule has 0 aromatic carbocycles. The normalized spacial score (nSPS) is 11.5. The van der Waals surface area contributed by atoms with Gasteiger partial charge in [0.25, 0.3) is 0 Å². The summed E-state index contributed by atoms with van der Waals surface area (Å²) in [6, 6.07) is 0. The summed E-state index contributed by atoms with van der Waals surface area (Å²) >= 11 is 0. The molecule has 0 atom stereocenters. The molecule has 0 aromatic heterocycles. The minimum atomic E-state index is 0. The molecule has 0 amide bonds. The van der Waals surface area contributed by atoms with Crippen LogP contribution in [0.1, 0.15) is 13.8 Å². The highest BCUT2D eigenvalue weighted by Gasteiger charge is 2.05. The van der Waals surface area contributed by atoms with Crippen LogP contribution >= 0.6 is 12.4 Å². The second kappa shape index (κ2) is 5.81. The fourth-order valence-electron chi connectivity index (χ4n) is 0.562. The van der Waals surface area contributed by atoms with Crippen molar-refractivity contribution in [2.75, 3.05) is 34.3 Å². The molecule has 0 aliphatic rings. The number of hydrogen-bond acceptors (Lipinski definition) is 1. The predicted octanol–water partition coefficient (Wildman–Crippen LogP) is 1.54. The van der Waals surface area contributed by atoms with Crippen LogP contribution in [0.2, 0.25) is 0 Å². The Morgan fingerprint density at radius 1 is 1.18 bits per heavy atom. The molecule has 0 heterocycles. The lowest BCUT2D eigenvalue weighted by Gasteiger charge is -2.24. The second-order valence-electron chi connectivity index (χ2n) is 3.93. The summed E-state index contributed by atoms with van der Waals surface area (Å²) < 4.78 is 6.38. The Balaban J connectivity index is 0. The summed E-state index contributed by atoms with van der Waals surface area (Å²) in [5, 5.41) is 0. The third-order valence-corrected chi connectivity index (χ3v) is 1.21. The van der Waals surface area contributed by atoms with Crippen molar-refractivity contribution >= 4 is 12.4 Å². The number of quaternary nitrogens is 1. The van der Waals surface area contributed by atoms with Gasteiger partial charge in [-0.2, -0.15) is 0 Å². The van der Waals surface area contributed by atoms with Crippen molar-refractivity contribution in [2.45, 2.75) is 20.0 Å². The minimum absolute atomic E-state index is 0. The summed E-state index contributed by atoms with van der Waals surface area (Å²) in [7, 11) is 6.51. The lowest BCUT2D eigenvalue weighted by atomic mass is 10.5. The van der Waals surface area contributed by atoms with E-state index in [1.807, 2.05) is 0 Å².